The Morgan fingerprint density at radius 1 is 0.328 bits per heavy atom. The van der Waals surface area contributed by atoms with Crippen LogP contribution >= 0.6 is 0 Å². The highest BCUT2D eigenvalue weighted by Crippen LogP contribution is 2.17. The molecule has 0 heterocycles. The molecule has 0 spiro atoms. The van der Waals surface area contributed by atoms with Gasteiger partial charge in [-0.3, -0.25) is 14.4 Å². The molecule has 0 rings (SSSR count). The molecule has 0 saturated heterocycles. The lowest BCUT2D eigenvalue weighted by atomic mass is 10.0. The molecule has 1 atom stereocenters. The van der Waals surface area contributed by atoms with Gasteiger partial charge in [-0.05, 0) is 25.2 Å². The van der Waals surface area contributed by atoms with Crippen LogP contribution in [-0.2, 0) is 28.6 Å². The largest absolute Gasteiger partial charge is 0.462 e. The number of carbonyl (C=O) groups is 3. The number of ether oxygens (including phenoxy) is 3. The predicted octanol–water partition coefficient (Wildman–Crippen LogP) is 16.7. The first-order valence-corrected chi connectivity index (χ1v) is 25.9. The minimum atomic E-state index is -0.760. The maximum Gasteiger partial charge on any atom is 0.306 e. The van der Waals surface area contributed by atoms with Crippen LogP contribution in [0, 0.1) is 5.92 Å². The van der Waals surface area contributed by atoms with Gasteiger partial charge in [-0.1, -0.05) is 252 Å². The molecule has 0 radical (unpaired) electrons. The fraction of sp³-hybridized carbons (Fsp3) is 0.942. The molecular formula is C52H100O6. The van der Waals surface area contributed by atoms with E-state index in [1.807, 2.05) is 0 Å². The Morgan fingerprint density at radius 2 is 0.569 bits per heavy atom. The van der Waals surface area contributed by atoms with Crippen molar-refractivity contribution in [3.8, 4) is 0 Å². The quantitative estimate of drug-likeness (QED) is 0.0346. The van der Waals surface area contributed by atoms with Gasteiger partial charge >= 0.3 is 17.9 Å². The zero-order valence-electron chi connectivity index (χ0n) is 39.5. The maximum atomic E-state index is 12.8. The van der Waals surface area contributed by atoms with Gasteiger partial charge in [-0.2, -0.15) is 0 Å². The van der Waals surface area contributed by atoms with E-state index in [0.29, 0.717) is 19.3 Å². The molecule has 6 nitrogen and oxygen atoms in total. The Hall–Kier alpha value is -1.59. The monoisotopic (exact) mass is 821 g/mol. The van der Waals surface area contributed by atoms with E-state index in [2.05, 4.69) is 27.7 Å². The van der Waals surface area contributed by atoms with Crippen LogP contribution in [0.25, 0.3) is 0 Å². The first-order valence-electron chi connectivity index (χ1n) is 25.9. The number of esters is 3. The van der Waals surface area contributed by atoms with Gasteiger partial charge in [0.2, 0.25) is 0 Å². The molecular weight excluding hydrogens is 721 g/mol. The molecule has 0 aliphatic heterocycles. The van der Waals surface area contributed by atoms with Crippen LogP contribution in [0.2, 0.25) is 0 Å². The van der Waals surface area contributed by atoms with Gasteiger partial charge in [-0.15, -0.1) is 0 Å². The molecule has 344 valence electrons. The number of hydrogen-bond donors (Lipinski definition) is 0. The number of hydrogen-bond acceptors (Lipinski definition) is 6. The zero-order valence-corrected chi connectivity index (χ0v) is 39.5. The topological polar surface area (TPSA) is 78.9 Å². The molecule has 6 heteroatoms. The van der Waals surface area contributed by atoms with Crippen molar-refractivity contribution in [1.29, 1.82) is 0 Å². The molecule has 58 heavy (non-hydrogen) atoms. The van der Waals surface area contributed by atoms with Gasteiger partial charge < -0.3 is 14.2 Å². The lowest BCUT2D eigenvalue weighted by molar-refractivity contribution is -0.167. The summed E-state index contributed by atoms with van der Waals surface area (Å²) in [6.45, 7) is 9.02. The fourth-order valence-corrected chi connectivity index (χ4v) is 7.86. The number of carbonyl (C=O) groups excluding carboxylic acids is 3. The van der Waals surface area contributed by atoms with Gasteiger partial charge in [0, 0.05) is 19.3 Å². The first-order chi connectivity index (χ1) is 28.4. The van der Waals surface area contributed by atoms with Crippen molar-refractivity contribution in [2.75, 3.05) is 13.2 Å². The van der Waals surface area contributed by atoms with Crippen molar-refractivity contribution in [2.45, 2.75) is 297 Å². The average molecular weight is 821 g/mol. The Balaban J connectivity index is 4.31. The molecule has 0 amide bonds. The second-order valence-corrected chi connectivity index (χ2v) is 18.3. The van der Waals surface area contributed by atoms with Crippen molar-refractivity contribution >= 4 is 17.9 Å². The first kappa shape index (κ1) is 56.4. The lowest BCUT2D eigenvalue weighted by Crippen LogP contribution is -2.30. The van der Waals surface area contributed by atoms with Crippen LogP contribution in [0.3, 0.4) is 0 Å². The predicted molar refractivity (Wildman–Crippen MR) is 247 cm³/mol. The maximum absolute atomic E-state index is 12.8. The molecule has 0 aliphatic rings. The second kappa shape index (κ2) is 46.5. The van der Waals surface area contributed by atoms with E-state index >= 15 is 0 Å². The van der Waals surface area contributed by atoms with Gasteiger partial charge in [0.15, 0.2) is 6.10 Å². The highest BCUT2D eigenvalue weighted by atomic mass is 16.6. The van der Waals surface area contributed by atoms with Gasteiger partial charge in [0.25, 0.3) is 0 Å². The van der Waals surface area contributed by atoms with Gasteiger partial charge in [0.1, 0.15) is 13.2 Å². The molecule has 0 saturated carbocycles. The van der Waals surface area contributed by atoms with E-state index in [1.165, 1.54) is 186 Å². The van der Waals surface area contributed by atoms with Crippen molar-refractivity contribution < 1.29 is 28.6 Å². The van der Waals surface area contributed by atoms with Crippen LogP contribution in [0.4, 0.5) is 0 Å². The Kier molecular flexibility index (Phi) is 45.2. The third kappa shape index (κ3) is 45.5. The van der Waals surface area contributed by atoms with Crippen LogP contribution in [-0.4, -0.2) is 37.2 Å². The summed E-state index contributed by atoms with van der Waals surface area (Å²) in [4.78, 5) is 37.9. The lowest BCUT2D eigenvalue weighted by Gasteiger charge is -2.18. The summed E-state index contributed by atoms with van der Waals surface area (Å²) in [6, 6.07) is 0. The summed E-state index contributed by atoms with van der Waals surface area (Å²) in [7, 11) is 0. The van der Waals surface area contributed by atoms with Crippen molar-refractivity contribution in [2.24, 2.45) is 5.92 Å². The molecule has 0 aromatic rings. The number of unbranched alkanes of at least 4 members (excludes halogenated alkanes) is 34. The SMILES string of the molecule is CCCCCCCCCCCCCCCC(=O)OC[C@H](COC(=O)CCCCCCCCCCCCCC(C)C)OC(=O)CCCCCCCCCCCCCCC. The summed E-state index contributed by atoms with van der Waals surface area (Å²) in [6.07, 6.45) is 47.9. The fourth-order valence-electron chi connectivity index (χ4n) is 7.86. The van der Waals surface area contributed by atoms with E-state index in [0.717, 1.165) is 63.7 Å². The summed E-state index contributed by atoms with van der Waals surface area (Å²) in [5.74, 6) is -0.0170. The average Bonchev–Trinajstić information content (AvgIpc) is 3.21. The summed E-state index contributed by atoms with van der Waals surface area (Å²) in [5.41, 5.74) is 0. The highest BCUT2D eigenvalue weighted by molar-refractivity contribution is 5.71. The third-order valence-electron chi connectivity index (χ3n) is 11.8. The standard InChI is InChI=1S/C52H100O6/c1-5-7-9-11-13-15-17-19-23-27-31-35-39-43-50(53)56-46-49(58-52(55)45-41-37-33-29-24-20-18-16-14-12-10-8-6-2)47-57-51(54)44-40-36-32-28-25-21-22-26-30-34-38-42-48(3)4/h48-49H,5-47H2,1-4H3/t49-/m1/s1. The number of rotatable bonds is 47. The van der Waals surface area contributed by atoms with E-state index < -0.39 is 6.10 Å². The van der Waals surface area contributed by atoms with Crippen molar-refractivity contribution in [1.82, 2.24) is 0 Å². The zero-order chi connectivity index (χ0) is 42.4. The van der Waals surface area contributed by atoms with E-state index in [-0.39, 0.29) is 31.1 Å². The molecule has 0 unspecified atom stereocenters. The van der Waals surface area contributed by atoms with E-state index in [1.54, 1.807) is 0 Å². The van der Waals surface area contributed by atoms with E-state index in [4.69, 9.17) is 14.2 Å². The smallest absolute Gasteiger partial charge is 0.306 e. The molecule has 0 fully saturated rings. The normalized spacial score (nSPS) is 11.9. The second-order valence-electron chi connectivity index (χ2n) is 18.3. The summed E-state index contributed by atoms with van der Waals surface area (Å²) >= 11 is 0. The van der Waals surface area contributed by atoms with Crippen LogP contribution < -0.4 is 0 Å². The molecule has 0 N–H and O–H groups in total. The van der Waals surface area contributed by atoms with Gasteiger partial charge in [-0.25, -0.2) is 0 Å². The molecule has 0 aliphatic carbocycles. The minimum absolute atomic E-state index is 0.0627. The van der Waals surface area contributed by atoms with Crippen molar-refractivity contribution in [3.05, 3.63) is 0 Å². The Labute approximate surface area is 361 Å². The van der Waals surface area contributed by atoms with Crippen LogP contribution in [0.15, 0.2) is 0 Å². The van der Waals surface area contributed by atoms with Crippen LogP contribution in [0.5, 0.6) is 0 Å². The molecule has 0 aromatic carbocycles. The van der Waals surface area contributed by atoms with Gasteiger partial charge in [0.05, 0.1) is 0 Å². The minimum Gasteiger partial charge on any atom is -0.462 e. The Morgan fingerprint density at radius 3 is 0.845 bits per heavy atom. The van der Waals surface area contributed by atoms with Crippen LogP contribution in [0.1, 0.15) is 291 Å². The van der Waals surface area contributed by atoms with Crippen molar-refractivity contribution in [3.63, 3.8) is 0 Å². The molecule has 0 bridgehead atoms. The highest BCUT2D eigenvalue weighted by Gasteiger charge is 2.19. The summed E-state index contributed by atoms with van der Waals surface area (Å²) in [5, 5.41) is 0. The Bertz CT molecular complexity index is 872. The molecule has 0 aromatic heterocycles. The third-order valence-corrected chi connectivity index (χ3v) is 11.8. The van der Waals surface area contributed by atoms with E-state index in [9.17, 15) is 14.4 Å². The summed E-state index contributed by atoms with van der Waals surface area (Å²) < 4.78 is 16.8.